The van der Waals surface area contributed by atoms with E-state index in [0.717, 1.165) is 38.5 Å². The Morgan fingerprint density at radius 1 is 0.537 bits per heavy atom. The number of hydrogen-bond donors (Lipinski definition) is 0. The third kappa shape index (κ3) is 35.8. The van der Waals surface area contributed by atoms with Crippen LogP contribution in [0.3, 0.4) is 0 Å². The lowest BCUT2D eigenvalue weighted by atomic mass is 10.1. The number of aliphatic carboxylic acids is 1. The topological polar surface area (TPSA) is 102 Å². The Kier molecular flexibility index (Phi) is 36.6. The minimum absolute atomic E-state index is 0.0449. The van der Waals surface area contributed by atoms with Crippen LogP contribution in [0.15, 0.2) is 12.2 Å². The second-order valence-corrected chi connectivity index (χ2v) is 16.6. The Labute approximate surface area is 333 Å². The van der Waals surface area contributed by atoms with Crippen molar-refractivity contribution >= 4 is 17.9 Å². The van der Waals surface area contributed by atoms with Crippen LogP contribution in [0.4, 0.5) is 0 Å². The second kappa shape index (κ2) is 38.0. The predicted molar refractivity (Wildman–Crippen MR) is 222 cm³/mol. The summed E-state index contributed by atoms with van der Waals surface area (Å²) in [7, 11) is 5.41. The molecule has 0 aliphatic heterocycles. The van der Waals surface area contributed by atoms with Crippen molar-refractivity contribution in [1.29, 1.82) is 0 Å². The summed E-state index contributed by atoms with van der Waals surface area (Å²) in [6, 6.07) is -0.721. The number of carbonyl (C=O) groups is 3. The standard InChI is InChI=1S/C46H87NO7/c1-6-8-10-12-14-16-18-19-20-21-22-23-24-25-27-28-30-32-34-36-44(48)53-41-42(40-52-39-38-43(46(50)51)47(3,4)5)54-45(49)37-35-33-31-29-26-17-15-13-11-9-7-2/h21-22,42-43H,6-20,23-41H2,1-5H3/b22-21+. The van der Waals surface area contributed by atoms with Crippen LogP contribution in [-0.4, -0.2) is 75.5 Å². The number of carboxylic acids is 1. The number of ether oxygens (including phenoxy) is 3. The van der Waals surface area contributed by atoms with Crippen molar-refractivity contribution in [2.24, 2.45) is 0 Å². The SMILES string of the molecule is CCCCCCCCCC/C=C/CCCCCCCCCC(=O)OCC(COCCC(C(=O)[O-])[N+](C)(C)C)OC(=O)CCCCCCCCCCCCC. The molecule has 0 rings (SSSR count). The summed E-state index contributed by atoms with van der Waals surface area (Å²) in [6.45, 7) is 4.67. The fourth-order valence-corrected chi connectivity index (χ4v) is 6.83. The van der Waals surface area contributed by atoms with Gasteiger partial charge in [-0.05, 0) is 38.5 Å². The van der Waals surface area contributed by atoms with Crippen molar-refractivity contribution < 1.29 is 38.2 Å². The van der Waals surface area contributed by atoms with Crippen LogP contribution >= 0.6 is 0 Å². The fraction of sp³-hybridized carbons (Fsp3) is 0.891. The Morgan fingerprint density at radius 2 is 0.926 bits per heavy atom. The van der Waals surface area contributed by atoms with Crippen LogP contribution in [0.1, 0.15) is 213 Å². The molecule has 0 heterocycles. The average molecular weight is 766 g/mol. The first-order valence-electron chi connectivity index (χ1n) is 22.7. The van der Waals surface area contributed by atoms with Crippen molar-refractivity contribution in [3.05, 3.63) is 12.2 Å². The molecule has 0 bridgehead atoms. The first-order valence-corrected chi connectivity index (χ1v) is 22.7. The van der Waals surface area contributed by atoms with E-state index >= 15 is 0 Å². The van der Waals surface area contributed by atoms with E-state index in [9.17, 15) is 19.5 Å². The zero-order chi connectivity index (χ0) is 40.0. The summed E-state index contributed by atoms with van der Waals surface area (Å²) in [5, 5.41) is 11.6. The van der Waals surface area contributed by atoms with Crippen LogP contribution in [0.2, 0.25) is 0 Å². The number of hydrogen-bond acceptors (Lipinski definition) is 7. The number of quaternary nitrogens is 1. The fourth-order valence-electron chi connectivity index (χ4n) is 6.83. The maximum absolute atomic E-state index is 12.7. The van der Waals surface area contributed by atoms with Crippen LogP contribution in [-0.2, 0) is 28.6 Å². The Balaban J connectivity index is 4.25. The molecule has 318 valence electrons. The van der Waals surface area contributed by atoms with E-state index < -0.39 is 18.1 Å². The van der Waals surface area contributed by atoms with Crippen molar-refractivity contribution in [1.82, 2.24) is 0 Å². The molecule has 0 saturated heterocycles. The summed E-state index contributed by atoms with van der Waals surface area (Å²) < 4.78 is 17.2. The van der Waals surface area contributed by atoms with Crippen molar-refractivity contribution in [3.63, 3.8) is 0 Å². The minimum atomic E-state index is -1.12. The minimum Gasteiger partial charge on any atom is -0.544 e. The van der Waals surface area contributed by atoms with E-state index in [1.165, 1.54) is 141 Å². The summed E-state index contributed by atoms with van der Waals surface area (Å²) in [5.74, 6) is -1.73. The molecule has 0 aliphatic carbocycles. The van der Waals surface area contributed by atoms with Gasteiger partial charge in [0.25, 0.3) is 0 Å². The molecule has 0 aromatic carbocycles. The molecular weight excluding hydrogens is 679 g/mol. The molecular formula is C46H87NO7. The number of rotatable bonds is 41. The van der Waals surface area contributed by atoms with Gasteiger partial charge in [0.2, 0.25) is 0 Å². The van der Waals surface area contributed by atoms with Gasteiger partial charge in [-0.2, -0.15) is 0 Å². The maximum Gasteiger partial charge on any atom is 0.306 e. The molecule has 0 N–H and O–H groups in total. The molecule has 0 aliphatic rings. The monoisotopic (exact) mass is 766 g/mol. The molecule has 8 nitrogen and oxygen atoms in total. The van der Waals surface area contributed by atoms with Crippen molar-refractivity contribution in [2.75, 3.05) is 41.0 Å². The van der Waals surface area contributed by atoms with Gasteiger partial charge in [0.1, 0.15) is 12.6 Å². The van der Waals surface area contributed by atoms with Gasteiger partial charge in [0.05, 0.1) is 40.3 Å². The number of carboxylic acid groups (broad SMARTS) is 1. The van der Waals surface area contributed by atoms with Gasteiger partial charge in [0.15, 0.2) is 6.10 Å². The summed E-state index contributed by atoms with van der Waals surface area (Å²) in [6.07, 6.45) is 39.5. The third-order valence-electron chi connectivity index (χ3n) is 10.4. The van der Waals surface area contributed by atoms with Crippen molar-refractivity contribution in [3.8, 4) is 0 Å². The van der Waals surface area contributed by atoms with E-state index in [0.29, 0.717) is 12.8 Å². The lowest BCUT2D eigenvalue weighted by Gasteiger charge is -2.34. The van der Waals surface area contributed by atoms with Gasteiger partial charge in [0, 0.05) is 19.3 Å². The molecule has 0 aromatic rings. The van der Waals surface area contributed by atoms with Gasteiger partial charge in [-0.1, -0.05) is 167 Å². The summed E-state index contributed by atoms with van der Waals surface area (Å²) in [4.78, 5) is 36.8. The highest BCUT2D eigenvalue weighted by Crippen LogP contribution is 2.15. The van der Waals surface area contributed by atoms with Crippen LogP contribution < -0.4 is 5.11 Å². The maximum atomic E-state index is 12.7. The van der Waals surface area contributed by atoms with E-state index in [2.05, 4.69) is 26.0 Å². The molecule has 0 fully saturated rings. The molecule has 8 heteroatoms. The number of allylic oxidation sites excluding steroid dienone is 2. The number of nitrogens with zero attached hydrogens (tertiary/aromatic N) is 1. The summed E-state index contributed by atoms with van der Waals surface area (Å²) in [5.41, 5.74) is 0. The molecule has 0 radical (unpaired) electrons. The van der Waals surface area contributed by atoms with Crippen LogP contribution in [0.5, 0.6) is 0 Å². The first-order chi connectivity index (χ1) is 26.1. The Hall–Kier alpha value is -1.93. The van der Waals surface area contributed by atoms with E-state index in [1.807, 2.05) is 0 Å². The van der Waals surface area contributed by atoms with Gasteiger partial charge in [-0.3, -0.25) is 9.59 Å². The van der Waals surface area contributed by atoms with E-state index in [1.54, 1.807) is 21.1 Å². The highest BCUT2D eigenvalue weighted by molar-refractivity contribution is 5.70. The Morgan fingerprint density at radius 3 is 1.33 bits per heavy atom. The zero-order valence-electron chi connectivity index (χ0n) is 36.2. The van der Waals surface area contributed by atoms with E-state index in [-0.39, 0.29) is 42.7 Å². The lowest BCUT2D eigenvalue weighted by molar-refractivity contribution is -0.889. The molecule has 2 unspecified atom stereocenters. The normalized spacial score (nSPS) is 13.0. The Bertz CT molecular complexity index is 900. The molecule has 0 aromatic heterocycles. The van der Waals surface area contributed by atoms with Crippen LogP contribution in [0, 0.1) is 0 Å². The number of carbonyl (C=O) groups excluding carboxylic acids is 3. The second-order valence-electron chi connectivity index (χ2n) is 16.6. The van der Waals surface area contributed by atoms with Gasteiger partial charge in [-0.15, -0.1) is 0 Å². The van der Waals surface area contributed by atoms with Crippen LogP contribution in [0.25, 0.3) is 0 Å². The lowest BCUT2D eigenvalue weighted by Crippen LogP contribution is -2.55. The van der Waals surface area contributed by atoms with Crippen molar-refractivity contribution in [2.45, 2.75) is 225 Å². The number of unbranched alkanes of at least 4 members (excludes halogenated alkanes) is 25. The average Bonchev–Trinajstić information content (AvgIpc) is 3.12. The molecule has 54 heavy (non-hydrogen) atoms. The zero-order valence-corrected chi connectivity index (χ0v) is 36.2. The molecule has 0 amide bonds. The largest absolute Gasteiger partial charge is 0.544 e. The van der Waals surface area contributed by atoms with Gasteiger partial charge < -0.3 is 28.6 Å². The highest BCUT2D eigenvalue weighted by Gasteiger charge is 2.25. The smallest absolute Gasteiger partial charge is 0.306 e. The molecule has 2 atom stereocenters. The molecule has 0 spiro atoms. The quantitative estimate of drug-likeness (QED) is 0.0264. The van der Waals surface area contributed by atoms with Gasteiger partial charge in [-0.25, -0.2) is 0 Å². The van der Waals surface area contributed by atoms with Gasteiger partial charge >= 0.3 is 11.9 Å². The predicted octanol–water partition coefficient (Wildman–Crippen LogP) is 11.0. The number of esters is 2. The number of likely N-dealkylation sites (N-methyl/N-ethyl adjacent to an activating group) is 1. The molecule has 0 saturated carbocycles. The third-order valence-corrected chi connectivity index (χ3v) is 10.4. The summed E-state index contributed by atoms with van der Waals surface area (Å²) >= 11 is 0. The van der Waals surface area contributed by atoms with E-state index in [4.69, 9.17) is 14.2 Å². The first kappa shape index (κ1) is 52.1. The highest BCUT2D eigenvalue weighted by atomic mass is 16.6.